The van der Waals surface area contributed by atoms with Gasteiger partial charge in [-0.15, -0.1) is 0 Å². The average molecular weight is 252 g/mol. The molecule has 0 saturated heterocycles. The van der Waals surface area contributed by atoms with Gasteiger partial charge in [0, 0.05) is 0 Å². The third-order valence-corrected chi connectivity index (χ3v) is 5.18. The van der Waals surface area contributed by atoms with E-state index >= 15 is 0 Å². The van der Waals surface area contributed by atoms with Crippen molar-refractivity contribution in [2.24, 2.45) is 0 Å². The zero-order valence-electron chi connectivity index (χ0n) is 3.39. The van der Waals surface area contributed by atoms with Gasteiger partial charge in [0.2, 0.25) is 0 Å². The maximum atomic E-state index is 10.3. The molecule has 0 spiro atoms. The van der Waals surface area contributed by atoms with E-state index in [0.717, 1.165) is 0 Å². The van der Waals surface area contributed by atoms with E-state index in [9.17, 15) is 8.42 Å². The summed E-state index contributed by atoms with van der Waals surface area (Å²) < 4.78 is 20.6. The monoisotopic (exact) mass is 250 g/mol. The van der Waals surface area contributed by atoms with Crippen molar-refractivity contribution in [3.8, 4) is 0 Å². The summed E-state index contributed by atoms with van der Waals surface area (Å²) in [5.74, 6) is 0. The van der Waals surface area contributed by atoms with Crippen LogP contribution in [0.4, 0.5) is 0 Å². The molecule has 5 heteroatoms. The summed E-state index contributed by atoms with van der Waals surface area (Å²) in [6.07, 6.45) is 0. The van der Waals surface area contributed by atoms with Gasteiger partial charge >= 0.3 is 0 Å². The molecule has 0 aliphatic heterocycles. The Morgan fingerprint density at radius 1 is 1.14 bits per heavy atom. The lowest BCUT2D eigenvalue weighted by Gasteiger charge is -1.86. The van der Waals surface area contributed by atoms with Crippen LogP contribution in [0, 0.1) is 0 Å². The highest BCUT2D eigenvalue weighted by Crippen LogP contribution is 1.98. The Morgan fingerprint density at radius 3 is 1.43 bits per heavy atom. The lowest BCUT2D eigenvalue weighted by Crippen LogP contribution is -1.99. The van der Waals surface area contributed by atoms with Crippen molar-refractivity contribution < 1.29 is 8.42 Å². The molecule has 0 bridgehead atoms. The molecule has 0 aromatic carbocycles. The predicted octanol–water partition coefficient (Wildman–Crippen LogP) is 1.11. The molecule has 0 atom stereocenters. The largest absolute Gasteiger partial charge is 0.227 e. The van der Waals surface area contributed by atoms with Crippen LogP contribution in [-0.4, -0.2) is 17.7 Å². The Morgan fingerprint density at radius 2 is 1.43 bits per heavy atom. The van der Waals surface area contributed by atoms with E-state index in [2.05, 4.69) is 31.9 Å². The number of alkyl halides is 2. The highest BCUT2D eigenvalue weighted by Gasteiger charge is 2.02. The summed E-state index contributed by atoms with van der Waals surface area (Å²) in [4.78, 5) is 0. The molecule has 0 aromatic rings. The Hall–Kier alpha value is 0.910. The van der Waals surface area contributed by atoms with Gasteiger partial charge in [-0.05, 0) is 0 Å². The van der Waals surface area contributed by atoms with E-state index < -0.39 is 9.84 Å². The van der Waals surface area contributed by atoms with Crippen LogP contribution in [0.15, 0.2) is 0 Å². The van der Waals surface area contributed by atoms with Crippen LogP contribution in [0.3, 0.4) is 0 Å². The quantitative estimate of drug-likeness (QED) is 0.689. The molecular weight excluding hydrogens is 248 g/mol. The molecule has 0 aromatic heterocycles. The number of hydrogen-bond donors (Lipinski definition) is 0. The fourth-order valence-electron chi connectivity index (χ4n) is 0.0292. The molecule has 0 amide bonds. The lowest BCUT2D eigenvalue weighted by molar-refractivity contribution is 0.606. The molecule has 0 radical (unpaired) electrons. The minimum Gasteiger partial charge on any atom is -0.227 e. The van der Waals surface area contributed by atoms with Crippen LogP contribution in [0.1, 0.15) is 0 Å². The van der Waals surface area contributed by atoms with Crippen molar-refractivity contribution in [3.63, 3.8) is 0 Å². The van der Waals surface area contributed by atoms with Gasteiger partial charge in [0.1, 0.15) is 9.32 Å². The Balaban J connectivity index is 3.89. The van der Waals surface area contributed by atoms with Crippen LogP contribution in [0.2, 0.25) is 0 Å². The van der Waals surface area contributed by atoms with Gasteiger partial charge < -0.3 is 0 Å². The van der Waals surface area contributed by atoms with E-state index in [1.54, 1.807) is 0 Å². The van der Waals surface area contributed by atoms with Crippen molar-refractivity contribution >= 4 is 41.7 Å². The molecule has 7 heavy (non-hydrogen) atoms. The lowest BCUT2D eigenvalue weighted by atomic mass is 11.9. The molecule has 0 aliphatic rings. The van der Waals surface area contributed by atoms with Crippen LogP contribution in [0.25, 0.3) is 0 Å². The molecular formula is C2H4Br2O2S. The van der Waals surface area contributed by atoms with E-state index in [0.29, 0.717) is 0 Å². The van der Waals surface area contributed by atoms with Crippen LogP contribution in [-0.2, 0) is 9.84 Å². The van der Waals surface area contributed by atoms with Crippen LogP contribution < -0.4 is 0 Å². The highest BCUT2D eigenvalue weighted by molar-refractivity contribution is 9.12. The SMILES string of the molecule is O=S(=O)(CBr)CBr. The standard InChI is InChI=1S/C2H4Br2O2S/c3-1-7(5,6)2-4/h1-2H2. The second-order valence-corrected chi connectivity index (χ2v) is 5.63. The number of sulfone groups is 1. The predicted molar refractivity (Wildman–Crippen MR) is 36.5 cm³/mol. The van der Waals surface area contributed by atoms with Crippen LogP contribution in [0.5, 0.6) is 0 Å². The third-order valence-electron chi connectivity index (χ3n) is 0.332. The Bertz CT molecular complexity index is 117. The topological polar surface area (TPSA) is 34.1 Å². The maximum Gasteiger partial charge on any atom is 0.170 e. The molecule has 0 heterocycles. The van der Waals surface area contributed by atoms with Gasteiger partial charge in [0.05, 0.1) is 0 Å². The third kappa shape index (κ3) is 3.49. The van der Waals surface area contributed by atoms with Gasteiger partial charge in [-0.25, -0.2) is 8.42 Å². The normalized spacial score (nSPS) is 11.7. The van der Waals surface area contributed by atoms with Gasteiger partial charge in [0.25, 0.3) is 0 Å². The van der Waals surface area contributed by atoms with Crippen LogP contribution >= 0.6 is 31.9 Å². The van der Waals surface area contributed by atoms with E-state index in [1.807, 2.05) is 0 Å². The summed E-state index contributed by atoms with van der Waals surface area (Å²) in [6.45, 7) is 0. The Kier molecular flexibility index (Phi) is 3.44. The van der Waals surface area contributed by atoms with Gasteiger partial charge in [-0.2, -0.15) is 0 Å². The molecule has 0 aliphatic carbocycles. The number of rotatable bonds is 2. The van der Waals surface area contributed by atoms with Crippen molar-refractivity contribution in [2.75, 3.05) is 9.32 Å². The molecule has 0 fully saturated rings. The van der Waals surface area contributed by atoms with Crippen molar-refractivity contribution in [1.82, 2.24) is 0 Å². The molecule has 0 rings (SSSR count). The molecule has 44 valence electrons. The smallest absolute Gasteiger partial charge is 0.170 e. The summed E-state index contributed by atoms with van der Waals surface area (Å²) in [7, 11) is -2.82. The first-order valence-corrected chi connectivity index (χ1v) is 5.51. The fourth-order valence-corrected chi connectivity index (χ4v) is 2.36. The molecule has 0 unspecified atom stereocenters. The summed E-state index contributed by atoms with van der Waals surface area (Å²) >= 11 is 5.63. The summed E-state index contributed by atoms with van der Waals surface area (Å²) in [5, 5.41) is 0. The minimum absolute atomic E-state index is 0.0330. The highest BCUT2D eigenvalue weighted by atomic mass is 79.9. The minimum atomic E-state index is -2.82. The van der Waals surface area contributed by atoms with E-state index in [4.69, 9.17) is 0 Å². The average Bonchev–Trinajstić information content (AvgIpc) is 1.68. The van der Waals surface area contributed by atoms with Gasteiger partial charge in [0.15, 0.2) is 9.84 Å². The second kappa shape index (κ2) is 3.04. The van der Waals surface area contributed by atoms with Crippen molar-refractivity contribution in [2.45, 2.75) is 0 Å². The first-order valence-electron chi connectivity index (χ1n) is 1.45. The summed E-state index contributed by atoms with van der Waals surface area (Å²) in [5.41, 5.74) is 0. The molecule has 0 N–H and O–H groups in total. The molecule has 2 nitrogen and oxygen atoms in total. The van der Waals surface area contributed by atoms with Crippen molar-refractivity contribution in [1.29, 1.82) is 0 Å². The first-order chi connectivity index (χ1) is 3.12. The van der Waals surface area contributed by atoms with Gasteiger partial charge in [-0.1, -0.05) is 31.9 Å². The first kappa shape index (κ1) is 7.91. The molecule has 0 saturated carbocycles. The Labute approximate surface area is 59.5 Å². The van der Waals surface area contributed by atoms with E-state index in [1.165, 1.54) is 0 Å². The second-order valence-electron chi connectivity index (χ2n) is 0.962. The zero-order chi connectivity index (χ0) is 5.91. The van der Waals surface area contributed by atoms with E-state index in [-0.39, 0.29) is 9.32 Å². The van der Waals surface area contributed by atoms with Crippen molar-refractivity contribution in [3.05, 3.63) is 0 Å². The van der Waals surface area contributed by atoms with Gasteiger partial charge in [-0.3, -0.25) is 0 Å². The number of halogens is 2. The number of hydrogen-bond acceptors (Lipinski definition) is 2. The maximum absolute atomic E-state index is 10.3. The fraction of sp³-hybridized carbons (Fsp3) is 1.00. The zero-order valence-corrected chi connectivity index (χ0v) is 7.38. The summed E-state index contributed by atoms with van der Waals surface area (Å²) in [6, 6.07) is 0.